The van der Waals surface area contributed by atoms with Crippen molar-refractivity contribution in [3.05, 3.63) is 52.1 Å². The highest BCUT2D eigenvalue weighted by Crippen LogP contribution is 2.28. The monoisotopic (exact) mass is 370 g/mol. The molecule has 0 bridgehead atoms. The van der Waals surface area contributed by atoms with Gasteiger partial charge in [0.2, 0.25) is 4.77 Å². The highest BCUT2D eigenvalue weighted by atomic mass is 32.1. The van der Waals surface area contributed by atoms with Crippen molar-refractivity contribution in [2.24, 2.45) is 11.0 Å². The molecule has 0 saturated carbocycles. The van der Waals surface area contributed by atoms with Crippen LogP contribution in [0.5, 0.6) is 5.75 Å². The Hall–Kier alpha value is -2.21. The zero-order valence-corrected chi connectivity index (χ0v) is 16.4. The summed E-state index contributed by atoms with van der Waals surface area (Å²) in [5.41, 5.74) is 2.36. The topological polar surface area (TPSA) is 55.2 Å². The van der Waals surface area contributed by atoms with Crippen molar-refractivity contribution in [3.8, 4) is 5.75 Å². The molecule has 5 nitrogen and oxygen atoms in total. The zero-order valence-electron chi connectivity index (χ0n) is 15.6. The summed E-state index contributed by atoms with van der Waals surface area (Å²) in [5, 5.41) is 11.7. The van der Waals surface area contributed by atoms with Crippen molar-refractivity contribution < 1.29 is 4.74 Å². The first kappa shape index (κ1) is 18.6. The van der Waals surface area contributed by atoms with Crippen molar-refractivity contribution in [3.63, 3.8) is 0 Å². The molecule has 138 valence electrons. The Bertz CT molecular complexity index is 863. The van der Waals surface area contributed by atoms with Crippen molar-refractivity contribution in [2.45, 2.75) is 52.6 Å². The number of ether oxygens (including phenoxy) is 1. The molecule has 0 amide bonds. The van der Waals surface area contributed by atoms with Gasteiger partial charge in [0.1, 0.15) is 12.4 Å². The third-order valence-electron chi connectivity index (χ3n) is 4.57. The second-order valence-corrected chi connectivity index (χ2v) is 7.44. The number of hydrogen-bond donors (Lipinski definition) is 1. The predicted molar refractivity (Wildman–Crippen MR) is 107 cm³/mol. The molecule has 1 heterocycles. The molecule has 0 fully saturated rings. The summed E-state index contributed by atoms with van der Waals surface area (Å²) in [4.78, 5) is 0. The Morgan fingerprint density at radius 1 is 1.42 bits per heavy atom. The highest BCUT2D eigenvalue weighted by Gasteiger charge is 2.12. The molecule has 0 saturated heterocycles. The van der Waals surface area contributed by atoms with Crippen molar-refractivity contribution in [1.82, 2.24) is 14.9 Å². The number of H-pyrrole nitrogens is 1. The maximum atomic E-state index is 6.08. The van der Waals surface area contributed by atoms with E-state index in [0.717, 1.165) is 25.0 Å². The third-order valence-corrected chi connectivity index (χ3v) is 4.83. The molecule has 1 atom stereocenters. The summed E-state index contributed by atoms with van der Waals surface area (Å²) >= 11 is 5.32. The standard InChI is InChI=1S/C20H26N4OS/c1-14(2)17-10-9-15(3)11-18(17)25-13-19-22-23-20(26)24(19)21-12-16-7-5-4-6-8-16/h4-5,9-12,14,16H,6-8,13H2,1-3H3,(H,23,26)/b21-12-/t16-/m1/s1. The fourth-order valence-electron chi connectivity index (χ4n) is 3.04. The number of aromatic nitrogens is 3. The zero-order chi connectivity index (χ0) is 18.5. The number of nitrogens with one attached hydrogen (secondary N) is 1. The van der Waals surface area contributed by atoms with E-state index in [1.54, 1.807) is 4.68 Å². The summed E-state index contributed by atoms with van der Waals surface area (Å²) in [6, 6.07) is 6.31. The lowest BCUT2D eigenvalue weighted by Crippen LogP contribution is -2.08. The third kappa shape index (κ3) is 4.49. The highest BCUT2D eigenvalue weighted by molar-refractivity contribution is 7.71. The van der Waals surface area contributed by atoms with E-state index < -0.39 is 0 Å². The SMILES string of the molecule is Cc1ccc(C(C)C)c(OCc2n[nH]c(=S)n2/N=C\[C@@H]2CC=CCC2)c1. The van der Waals surface area contributed by atoms with Gasteiger partial charge in [0.15, 0.2) is 5.82 Å². The van der Waals surface area contributed by atoms with Crippen LogP contribution in [0.3, 0.4) is 0 Å². The molecule has 1 aromatic carbocycles. The van der Waals surface area contributed by atoms with Crippen LogP contribution in [0.15, 0.2) is 35.5 Å². The van der Waals surface area contributed by atoms with Crippen LogP contribution in [0.25, 0.3) is 0 Å². The van der Waals surface area contributed by atoms with Gasteiger partial charge in [0, 0.05) is 6.21 Å². The van der Waals surface area contributed by atoms with Crippen LogP contribution in [0.2, 0.25) is 0 Å². The molecular weight excluding hydrogens is 344 g/mol. The Morgan fingerprint density at radius 2 is 2.27 bits per heavy atom. The molecule has 0 unspecified atom stereocenters. The van der Waals surface area contributed by atoms with E-state index >= 15 is 0 Å². The van der Waals surface area contributed by atoms with Gasteiger partial charge in [-0.1, -0.05) is 38.1 Å². The van der Waals surface area contributed by atoms with Crippen molar-refractivity contribution in [1.29, 1.82) is 0 Å². The van der Waals surface area contributed by atoms with Gasteiger partial charge < -0.3 is 4.74 Å². The first-order valence-electron chi connectivity index (χ1n) is 9.13. The quantitative estimate of drug-likeness (QED) is 0.435. The molecule has 0 spiro atoms. The van der Waals surface area contributed by atoms with Crippen molar-refractivity contribution in [2.75, 3.05) is 0 Å². The molecule has 3 rings (SSSR count). The van der Waals surface area contributed by atoms with Crippen molar-refractivity contribution >= 4 is 18.4 Å². The lowest BCUT2D eigenvalue weighted by molar-refractivity contribution is 0.286. The molecule has 0 radical (unpaired) electrons. The Labute approximate surface area is 159 Å². The smallest absolute Gasteiger partial charge is 0.216 e. The predicted octanol–water partition coefficient (Wildman–Crippen LogP) is 5.14. The average molecular weight is 371 g/mol. The summed E-state index contributed by atoms with van der Waals surface area (Å²) in [5.74, 6) is 2.41. The lowest BCUT2D eigenvalue weighted by atomic mass is 9.96. The maximum absolute atomic E-state index is 6.08. The Kier molecular flexibility index (Phi) is 6.04. The fourth-order valence-corrected chi connectivity index (χ4v) is 3.23. The van der Waals surface area contributed by atoms with Crippen LogP contribution in [-0.4, -0.2) is 21.1 Å². The summed E-state index contributed by atoms with van der Waals surface area (Å²) in [7, 11) is 0. The number of benzene rings is 1. The normalized spacial score (nSPS) is 17.3. The van der Waals surface area contributed by atoms with E-state index in [0.29, 0.717) is 29.0 Å². The van der Waals surface area contributed by atoms with Gasteiger partial charge >= 0.3 is 0 Å². The number of rotatable bonds is 6. The van der Waals surface area contributed by atoms with E-state index in [9.17, 15) is 0 Å². The molecule has 2 aromatic rings. The molecular formula is C20H26N4OS. The van der Waals surface area contributed by atoms with E-state index in [1.807, 2.05) is 6.21 Å². The van der Waals surface area contributed by atoms with Gasteiger partial charge in [-0.25, -0.2) is 5.10 Å². The van der Waals surface area contributed by atoms with E-state index in [-0.39, 0.29) is 0 Å². The maximum Gasteiger partial charge on any atom is 0.216 e. The lowest BCUT2D eigenvalue weighted by Gasteiger charge is -2.15. The first-order valence-corrected chi connectivity index (χ1v) is 9.54. The van der Waals surface area contributed by atoms with Crippen LogP contribution >= 0.6 is 12.2 Å². The molecule has 1 N–H and O–H groups in total. The average Bonchev–Trinajstić information content (AvgIpc) is 2.98. The van der Waals surface area contributed by atoms with Gasteiger partial charge in [0.05, 0.1) is 0 Å². The Balaban J connectivity index is 1.75. The van der Waals surface area contributed by atoms with Gasteiger partial charge in [-0.05, 0) is 67.4 Å². The molecule has 0 aliphatic heterocycles. The second kappa shape index (κ2) is 8.45. The molecule has 6 heteroatoms. The fraction of sp³-hybridized carbons (Fsp3) is 0.450. The van der Waals surface area contributed by atoms with E-state index in [1.165, 1.54) is 11.1 Å². The minimum Gasteiger partial charge on any atom is -0.485 e. The summed E-state index contributed by atoms with van der Waals surface area (Å²) < 4.78 is 8.23. The largest absolute Gasteiger partial charge is 0.485 e. The number of allylic oxidation sites excluding steroid dienone is 2. The van der Waals surface area contributed by atoms with E-state index in [2.05, 4.69) is 66.4 Å². The molecule has 1 aliphatic rings. The molecule has 1 aromatic heterocycles. The summed E-state index contributed by atoms with van der Waals surface area (Å²) in [6.45, 7) is 6.71. The first-order chi connectivity index (χ1) is 12.5. The molecule has 1 aliphatic carbocycles. The minimum atomic E-state index is 0.318. The second-order valence-electron chi connectivity index (χ2n) is 7.05. The minimum absolute atomic E-state index is 0.318. The van der Waals surface area contributed by atoms with Gasteiger partial charge in [-0.3, -0.25) is 0 Å². The number of aromatic amines is 1. The van der Waals surface area contributed by atoms with Crippen LogP contribution in [0.4, 0.5) is 0 Å². The van der Waals surface area contributed by atoms with Gasteiger partial charge in [-0.2, -0.15) is 14.9 Å². The van der Waals surface area contributed by atoms with E-state index in [4.69, 9.17) is 17.0 Å². The number of aryl methyl sites for hydroxylation is 1. The Morgan fingerprint density at radius 3 is 3.00 bits per heavy atom. The molecule has 26 heavy (non-hydrogen) atoms. The van der Waals surface area contributed by atoms with Gasteiger partial charge in [0.25, 0.3) is 0 Å². The number of nitrogens with zero attached hydrogens (tertiary/aromatic N) is 3. The van der Waals surface area contributed by atoms with Crippen LogP contribution in [0.1, 0.15) is 56.0 Å². The van der Waals surface area contributed by atoms with Crippen LogP contribution < -0.4 is 4.74 Å². The summed E-state index contributed by atoms with van der Waals surface area (Å²) in [6.07, 6.45) is 9.67. The van der Waals surface area contributed by atoms with Crippen LogP contribution in [0, 0.1) is 17.6 Å². The van der Waals surface area contributed by atoms with Crippen LogP contribution in [-0.2, 0) is 6.61 Å². The van der Waals surface area contributed by atoms with Gasteiger partial charge in [-0.15, -0.1) is 0 Å². The number of hydrogen-bond acceptors (Lipinski definition) is 4.